The largest absolute Gasteiger partial charge is 0.391 e. The highest BCUT2D eigenvalue weighted by molar-refractivity contribution is 7.18. The number of anilines is 1. The number of rotatable bonds is 2. The van der Waals surface area contributed by atoms with Crippen LogP contribution in [-0.4, -0.2) is 34.2 Å². The Morgan fingerprint density at radius 1 is 1.73 bits per heavy atom. The van der Waals surface area contributed by atoms with E-state index in [-0.39, 0.29) is 11.1 Å². The van der Waals surface area contributed by atoms with Crippen molar-refractivity contribution in [1.29, 1.82) is 0 Å². The number of nitro groups is 1. The summed E-state index contributed by atoms with van der Waals surface area (Å²) in [4.78, 5) is 15.9. The molecular weight excluding hydrogens is 218 g/mol. The standard InChI is InChI=1S/C8H11N3O3S/c12-6-2-1-3-10(5-6)8-9-4-7(15-8)11(13)14/h4,6,12H,1-3,5H2/t6-/m0/s1. The van der Waals surface area contributed by atoms with Gasteiger partial charge in [-0.25, -0.2) is 4.98 Å². The van der Waals surface area contributed by atoms with Gasteiger partial charge in [-0.15, -0.1) is 0 Å². The van der Waals surface area contributed by atoms with Crippen LogP contribution in [0, 0.1) is 10.1 Å². The molecule has 6 nitrogen and oxygen atoms in total. The van der Waals surface area contributed by atoms with Crippen LogP contribution < -0.4 is 4.90 Å². The fourth-order valence-electron chi connectivity index (χ4n) is 1.62. The van der Waals surface area contributed by atoms with Gasteiger partial charge < -0.3 is 10.0 Å². The third-order valence-corrected chi connectivity index (χ3v) is 3.34. The van der Waals surface area contributed by atoms with Gasteiger partial charge in [0.1, 0.15) is 6.20 Å². The minimum absolute atomic E-state index is 0.0464. The van der Waals surface area contributed by atoms with Crippen LogP contribution in [0.4, 0.5) is 10.1 Å². The SMILES string of the molecule is O=[N+]([O-])c1cnc(N2CCC[C@H](O)C2)s1. The highest BCUT2D eigenvalue weighted by Gasteiger charge is 2.22. The van der Waals surface area contributed by atoms with E-state index in [1.54, 1.807) is 0 Å². The lowest BCUT2D eigenvalue weighted by atomic mass is 10.1. The smallest absolute Gasteiger partial charge is 0.345 e. The third-order valence-electron chi connectivity index (χ3n) is 2.33. The van der Waals surface area contributed by atoms with E-state index < -0.39 is 4.92 Å². The second kappa shape index (κ2) is 4.11. The molecule has 0 radical (unpaired) electrons. The van der Waals surface area contributed by atoms with Gasteiger partial charge in [-0.1, -0.05) is 0 Å². The molecule has 2 heterocycles. The molecule has 0 aliphatic carbocycles. The molecule has 1 aliphatic heterocycles. The van der Waals surface area contributed by atoms with Gasteiger partial charge in [0.15, 0.2) is 5.13 Å². The number of piperidine rings is 1. The Hall–Kier alpha value is -1.21. The van der Waals surface area contributed by atoms with Gasteiger partial charge >= 0.3 is 5.00 Å². The molecule has 0 aromatic carbocycles. The summed E-state index contributed by atoms with van der Waals surface area (Å²) in [6.07, 6.45) is 2.61. The fourth-order valence-corrected chi connectivity index (χ4v) is 2.38. The molecule has 1 N–H and O–H groups in total. The Morgan fingerprint density at radius 2 is 2.53 bits per heavy atom. The zero-order chi connectivity index (χ0) is 10.8. The summed E-state index contributed by atoms with van der Waals surface area (Å²) in [5.41, 5.74) is 0. The number of aliphatic hydroxyl groups excluding tert-OH is 1. The summed E-state index contributed by atoms with van der Waals surface area (Å²) in [5, 5.41) is 20.6. The first-order valence-corrected chi connectivity index (χ1v) is 5.51. The van der Waals surface area contributed by atoms with Crippen LogP contribution in [0.1, 0.15) is 12.8 Å². The van der Waals surface area contributed by atoms with Crippen LogP contribution in [0.5, 0.6) is 0 Å². The van der Waals surface area contributed by atoms with Gasteiger partial charge in [0.25, 0.3) is 0 Å². The highest BCUT2D eigenvalue weighted by Crippen LogP contribution is 2.29. The number of hydrogen-bond acceptors (Lipinski definition) is 6. The van der Waals surface area contributed by atoms with Crippen molar-refractivity contribution in [3.63, 3.8) is 0 Å². The topological polar surface area (TPSA) is 79.5 Å². The van der Waals surface area contributed by atoms with E-state index in [0.29, 0.717) is 11.7 Å². The number of hydrogen-bond donors (Lipinski definition) is 1. The maximum Gasteiger partial charge on any atom is 0.345 e. The Bertz CT molecular complexity index is 368. The van der Waals surface area contributed by atoms with E-state index in [9.17, 15) is 15.2 Å². The van der Waals surface area contributed by atoms with Gasteiger partial charge in [0.05, 0.1) is 11.0 Å². The number of nitrogens with zero attached hydrogens (tertiary/aromatic N) is 3. The lowest BCUT2D eigenvalue weighted by Crippen LogP contribution is -2.38. The molecular formula is C8H11N3O3S. The predicted octanol–water partition coefficient (Wildman–Crippen LogP) is 1.01. The molecule has 1 aromatic rings. The maximum atomic E-state index is 10.5. The van der Waals surface area contributed by atoms with Crippen LogP contribution in [0.15, 0.2) is 6.20 Å². The van der Waals surface area contributed by atoms with Crippen molar-refractivity contribution in [2.75, 3.05) is 18.0 Å². The molecule has 1 aromatic heterocycles. The Balaban J connectivity index is 2.11. The molecule has 0 spiro atoms. The van der Waals surface area contributed by atoms with Crippen molar-refractivity contribution < 1.29 is 10.0 Å². The van der Waals surface area contributed by atoms with Crippen molar-refractivity contribution in [3.05, 3.63) is 16.3 Å². The highest BCUT2D eigenvalue weighted by atomic mass is 32.1. The quantitative estimate of drug-likeness (QED) is 0.604. The normalized spacial score (nSPS) is 21.7. The van der Waals surface area contributed by atoms with Gasteiger partial charge in [0, 0.05) is 13.1 Å². The summed E-state index contributed by atoms with van der Waals surface area (Å²) >= 11 is 1.05. The first-order chi connectivity index (χ1) is 7.16. The van der Waals surface area contributed by atoms with Gasteiger partial charge in [-0.2, -0.15) is 0 Å². The summed E-state index contributed by atoms with van der Waals surface area (Å²) in [6, 6.07) is 0. The summed E-state index contributed by atoms with van der Waals surface area (Å²) in [6.45, 7) is 1.33. The lowest BCUT2D eigenvalue weighted by Gasteiger charge is -2.29. The molecule has 1 saturated heterocycles. The minimum atomic E-state index is -0.443. The Labute approximate surface area is 90.3 Å². The average Bonchev–Trinajstić information content (AvgIpc) is 2.66. The van der Waals surface area contributed by atoms with Crippen LogP contribution in [0.2, 0.25) is 0 Å². The van der Waals surface area contributed by atoms with Crippen molar-refractivity contribution in [2.24, 2.45) is 0 Å². The molecule has 1 fully saturated rings. The first kappa shape index (κ1) is 10.3. The molecule has 2 rings (SSSR count). The third kappa shape index (κ3) is 2.24. The average molecular weight is 229 g/mol. The summed E-state index contributed by atoms with van der Waals surface area (Å²) in [5.74, 6) is 0. The fraction of sp³-hybridized carbons (Fsp3) is 0.625. The molecule has 0 amide bonds. The van der Waals surface area contributed by atoms with Gasteiger partial charge in [0.2, 0.25) is 0 Å². The molecule has 7 heteroatoms. The molecule has 15 heavy (non-hydrogen) atoms. The predicted molar refractivity (Wildman–Crippen MR) is 56.2 cm³/mol. The lowest BCUT2D eigenvalue weighted by molar-refractivity contribution is -0.380. The summed E-state index contributed by atoms with van der Waals surface area (Å²) < 4.78 is 0. The van der Waals surface area contributed by atoms with E-state index in [1.165, 1.54) is 6.20 Å². The molecule has 82 valence electrons. The number of aliphatic hydroxyl groups is 1. The minimum Gasteiger partial charge on any atom is -0.391 e. The molecule has 1 aliphatic rings. The number of aromatic nitrogens is 1. The number of β-amino-alcohol motifs (C(OH)–C–C–N with tert-alkyl or cyclic N) is 1. The summed E-state index contributed by atoms with van der Waals surface area (Å²) in [7, 11) is 0. The molecule has 1 atom stereocenters. The van der Waals surface area contributed by atoms with Gasteiger partial charge in [-0.05, 0) is 24.2 Å². The van der Waals surface area contributed by atoms with Crippen LogP contribution >= 0.6 is 11.3 Å². The van der Waals surface area contributed by atoms with Crippen molar-refractivity contribution in [3.8, 4) is 0 Å². The first-order valence-electron chi connectivity index (χ1n) is 4.70. The number of thiazole rings is 1. The van der Waals surface area contributed by atoms with Crippen molar-refractivity contribution in [1.82, 2.24) is 4.98 Å². The van der Waals surface area contributed by atoms with E-state index in [2.05, 4.69) is 4.98 Å². The van der Waals surface area contributed by atoms with E-state index in [1.807, 2.05) is 4.90 Å². The zero-order valence-electron chi connectivity index (χ0n) is 8.00. The van der Waals surface area contributed by atoms with Crippen molar-refractivity contribution >= 4 is 21.5 Å². The second-order valence-electron chi connectivity index (χ2n) is 3.48. The monoisotopic (exact) mass is 229 g/mol. The van der Waals surface area contributed by atoms with Gasteiger partial charge in [-0.3, -0.25) is 10.1 Å². The maximum absolute atomic E-state index is 10.5. The molecule has 0 unspecified atom stereocenters. The van der Waals surface area contributed by atoms with E-state index >= 15 is 0 Å². The Kier molecular flexibility index (Phi) is 2.83. The molecule has 0 saturated carbocycles. The van der Waals surface area contributed by atoms with Crippen LogP contribution in [0.3, 0.4) is 0 Å². The zero-order valence-corrected chi connectivity index (χ0v) is 8.81. The van der Waals surface area contributed by atoms with Crippen molar-refractivity contribution in [2.45, 2.75) is 18.9 Å². The van der Waals surface area contributed by atoms with E-state index in [4.69, 9.17) is 0 Å². The van der Waals surface area contributed by atoms with Crippen LogP contribution in [-0.2, 0) is 0 Å². The second-order valence-corrected chi connectivity index (χ2v) is 4.47. The Morgan fingerprint density at radius 3 is 3.13 bits per heavy atom. The molecule has 0 bridgehead atoms. The van der Waals surface area contributed by atoms with Crippen LogP contribution in [0.25, 0.3) is 0 Å². The van der Waals surface area contributed by atoms with E-state index in [0.717, 1.165) is 30.7 Å².